The van der Waals surface area contributed by atoms with Crippen molar-refractivity contribution in [3.63, 3.8) is 0 Å². The van der Waals surface area contributed by atoms with E-state index in [0.717, 1.165) is 80.5 Å². The maximum atomic E-state index is 13.0. The Morgan fingerprint density at radius 1 is 1.09 bits per heavy atom. The van der Waals surface area contributed by atoms with E-state index in [9.17, 15) is 14.7 Å². The highest BCUT2D eigenvalue weighted by atomic mass is 32.2. The molecule has 2 aromatic carbocycles. The van der Waals surface area contributed by atoms with Crippen molar-refractivity contribution in [3.05, 3.63) is 82.2 Å². The fourth-order valence-corrected chi connectivity index (χ4v) is 6.80. The number of piperazine rings is 1. The van der Waals surface area contributed by atoms with Gasteiger partial charge in [0.2, 0.25) is 0 Å². The first-order valence-electron chi connectivity index (χ1n) is 15.2. The third kappa shape index (κ3) is 8.22. The zero-order chi connectivity index (χ0) is 30.9. The van der Waals surface area contributed by atoms with E-state index in [2.05, 4.69) is 67.9 Å². The summed E-state index contributed by atoms with van der Waals surface area (Å²) in [6.45, 7) is 5.21. The number of carboxylic acid groups (broad SMARTS) is 1. The molecular weight excluding hydrogens is 595 g/mol. The van der Waals surface area contributed by atoms with E-state index in [1.54, 1.807) is 7.11 Å². The molecule has 1 amide bonds. The number of thiol groups is 1. The molecule has 2 aliphatic carbocycles. The molecule has 1 atom stereocenters. The van der Waals surface area contributed by atoms with Crippen molar-refractivity contribution < 1.29 is 19.5 Å². The lowest BCUT2D eigenvalue weighted by atomic mass is 9.83. The molecule has 4 N–H and O–H groups in total. The monoisotopic (exact) mass is 635 g/mol. The number of benzene rings is 2. The van der Waals surface area contributed by atoms with Crippen molar-refractivity contribution in [2.75, 3.05) is 56.4 Å². The van der Waals surface area contributed by atoms with Crippen LogP contribution in [0.15, 0.2) is 76.0 Å². The summed E-state index contributed by atoms with van der Waals surface area (Å²) in [7, 11) is 1.56. The molecule has 5 rings (SSSR count). The average molecular weight is 636 g/mol. The minimum Gasteiger partial charge on any atom is -0.478 e. The van der Waals surface area contributed by atoms with Gasteiger partial charge < -0.3 is 15.3 Å². The van der Waals surface area contributed by atoms with Crippen LogP contribution in [0.1, 0.15) is 49.1 Å². The van der Waals surface area contributed by atoms with Gasteiger partial charge in [-0.2, -0.15) is 12.6 Å². The second-order valence-corrected chi connectivity index (χ2v) is 12.5. The molecule has 11 heteroatoms. The lowest BCUT2D eigenvalue weighted by Gasteiger charge is -2.36. The first-order chi connectivity index (χ1) is 21.4. The number of hydrogen-bond donors (Lipinski definition) is 5. The number of carboxylic acids is 1. The lowest BCUT2D eigenvalue weighted by Crippen LogP contribution is -2.45. The van der Waals surface area contributed by atoms with Gasteiger partial charge in [0, 0.05) is 61.4 Å². The number of carbonyl (C=O) groups excluding carboxylic acids is 1. The van der Waals surface area contributed by atoms with Gasteiger partial charge in [0.25, 0.3) is 5.91 Å². The van der Waals surface area contributed by atoms with Crippen LogP contribution in [0, 0.1) is 0 Å². The van der Waals surface area contributed by atoms with Gasteiger partial charge >= 0.3 is 5.97 Å². The molecule has 1 saturated heterocycles. The van der Waals surface area contributed by atoms with Gasteiger partial charge in [-0.25, -0.2) is 4.79 Å². The number of hydrogen-bond acceptors (Lipinski definition) is 9. The van der Waals surface area contributed by atoms with Gasteiger partial charge in [-0.1, -0.05) is 36.1 Å². The van der Waals surface area contributed by atoms with E-state index in [1.807, 2.05) is 24.3 Å². The van der Waals surface area contributed by atoms with Crippen molar-refractivity contribution in [1.29, 1.82) is 0 Å². The van der Waals surface area contributed by atoms with Crippen molar-refractivity contribution in [2.45, 2.75) is 49.5 Å². The Morgan fingerprint density at radius 2 is 1.91 bits per heavy atom. The van der Waals surface area contributed by atoms with E-state index < -0.39 is 5.97 Å². The Balaban J connectivity index is 1.15. The minimum absolute atomic E-state index is 0.110. The Kier molecular flexibility index (Phi) is 11.4. The normalized spacial score (nSPS) is 18.7. The highest BCUT2D eigenvalue weighted by Gasteiger charge is 2.25. The van der Waals surface area contributed by atoms with Crippen LogP contribution < -0.4 is 15.5 Å². The molecule has 0 saturated carbocycles. The standard InChI is InChI=1S/C33H41N5O4S2/c1-42-35-31-21-28(11-12-30(31)34-13-18-43)44-36-32(39)24-9-10-27(20-24)38-16-14-37(15-17-38)22-26-5-2-3-8-29(26)23-6-4-7-25(19-23)33(40)41/h2-3,5,8,11-12,19,21,23,34-35,43H,4,6-7,9-10,13-18,22H2,1H3,(H,36,39)(H,40,41). The van der Waals surface area contributed by atoms with Gasteiger partial charge in [-0.3, -0.25) is 24.7 Å². The van der Waals surface area contributed by atoms with Crippen molar-refractivity contribution >= 4 is 47.8 Å². The van der Waals surface area contributed by atoms with E-state index in [-0.39, 0.29) is 11.8 Å². The highest BCUT2D eigenvalue weighted by molar-refractivity contribution is 7.98. The largest absolute Gasteiger partial charge is 0.478 e. The number of anilines is 2. The van der Waals surface area contributed by atoms with E-state index in [0.29, 0.717) is 29.7 Å². The topological polar surface area (TPSA) is 106 Å². The van der Waals surface area contributed by atoms with Crippen molar-refractivity contribution in [2.24, 2.45) is 0 Å². The molecule has 1 heterocycles. The third-order valence-corrected chi connectivity index (χ3v) is 9.31. The molecule has 0 bridgehead atoms. The molecule has 1 aliphatic heterocycles. The van der Waals surface area contributed by atoms with E-state index in [1.165, 1.54) is 23.1 Å². The first kappa shape index (κ1) is 32.1. The number of allylic oxidation sites excluding steroid dienone is 1. The Hall–Kier alpha value is -3.34. The predicted molar refractivity (Wildman–Crippen MR) is 179 cm³/mol. The zero-order valence-electron chi connectivity index (χ0n) is 25.1. The number of rotatable bonds is 13. The number of carbonyl (C=O) groups is 2. The number of nitrogens with one attached hydrogen (secondary N) is 3. The van der Waals surface area contributed by atoms with Crippen LogP contribution in [0.2, 0.25) is 0 Å². The SMILES string of the molecule is CONc1cc(SNC(=O)C2=C=C(N3CCN(Cc4ccccc4C4C=C(C(=O)O)CCC4)CC3)CC2)ccc1NCCS. The summed E-state index contributed by atoms with van der Waals surface area (Å²) in [5, 5.41) is 12.8. The van der Waals surface area contributed by atoms with Gasteiger partial charge in [0.05, 0.1) is 29.8 Å². The predicted octanol–water partition coefficient (Wildman–Crippen LogP) is 5.42. The van der Waals surface area contributed by atoms with Gasteiger partial charge in [-0.15, -0.1) is 0 Å². The smallest absolute Gasteiger partial charge is 0.331 e. The van der Waals surface area contributed by atoms with Crippen LogP contribution in [-0.4, -0.2) is 72.4 Å². The van der Waals surface area contributed by atoms with Crippen molar-refractivity contribution in [3.8, 4) is 0 Å². The fraction of sp³-hybridized carbons (Fsp3) is 0.424. The summed E-state index contributed by atoms with van der Waals surface area (Å²) in [6, 6.07) is 14.3. The van der Waals surface area contributed by atoms with Crippen LogP contribution in [0.5, 0.6) is 0 Å². The minimum atomic E-state index is -0.796. The maximum absolute atomic E-state index is 13.0. The molecule has 0 aromatic heterocycles. The maximum Gasteiger partial charge on any atom is 0.331 e. The molecule has 0 spiro atoms. The molecule has 0 radical (unpaired) electrons. The molecule has 1 fully saturated rings. The number of amides is 1. The zero-order valence-corrected chi connectivity index (χ0v) is 26.8. The summed E-state index contributed by atoms with van der Waals surface area (Å²) in [5.41, 5.74) is 12.8. The molecule has 2 aromatic rings. The van der Waals surface area contributed by atoms with Gasteiger partial charge in [0.15, 0.2) is 0 Å². The van der Waals surface area contributed by atoms with Crippen LogP contribution in [0.4, 0.5) is 11.4 Å². The quantitative estimate of drug-likeness (QED) is 0.0854. The van der Waals surface area contributed by atoms with E-state index >= 15 is 0 Å². The molecule has 3 aliphatic rings. The first-order valence-corrected chi connectivity index (χ1v) is 16.6. The fourth-order valence-electron chi connectivity index (χ4n) is 6.05. The lowest BCUT2D eigenvalue weighted by molar-refractivity contribution is -0.133. The van der Waals surface area contributed by atoms with Crippen LogP contribution in [-0.2, 0) is 21.0 Å². The summed E-state index contributed by atoms with van der Waals surface area (Å²) >= 11 is 5.53. The molecule has 9 nitrogen and oxygen atoms in total. The van der Waals surface area contributed by atoms with Crippen LogP contribution >= 0.6 is 24.6 Å². The van der Waals surface area contributed by atoms with Crippen LogP contribution in [0.3, 0.4) is 0 Å². The summed E-state index contributed by atoms with van der Waals surface area (Å²) < 4.78 is 2.97. The summed E-state index contributed by atoms with van der Waals surface area (Å²) in [4.78, 5) is 35.4. The van der Waals surface area contributed by atoms with E-state index in [4.69, 9.17) is 4.84 Å². The number of aliphatic carboxylic acids is 1. The summed E-state index contributed by atoms with van der Waals surface area (Å²) in [5.74, 6) is -0.0335. The van der Waals surface area contributed by atoms with Gasteiger partial charge in [-0.05, 0) is 73.4 Å². The average Bonchev–Trinajstić information content (AvgIpc) is 3.55. The van der Waals surface area contributed by atoms with Crippen molar-refractivity contribution in [1.82, 2.24) is 14.5 Å². The Morgan fingerprint density at radius 3 is 2.68 bits per heavy atom. The molecule has 1 unspecified atom stereocenters. The molecule has 44 heavy (non-hydrogen) atoms. The molecule has 234 valence electrons. The Bertz CT molecular complexity index is 1450. The van der Waals surface area contributed by atoms with Crippen LogP contribution in [0.25, 0.3) is 0 Å². The second-order valence-electron chi connectivity index (χ2n) is 11.2. The third-order valence-electron chi connectivity index (χ3n) is 8.31. The highest BCUT2D eigenvalue weighted by Crippen LogP contribution is 2.34. The van der Waals surface area contributed by atoms with Gasteiger partial charge in [0.1, 0.15) is 0 Å². The summed E-state index contributed by atoms with van der Waals surface area (Å²) in [6.07, 6.45) is 6.02. The second kappa shape index (κ2) is 15.6. The Labute approximate surface area is 269 Å². The number of nitrogens with zero attached hydrogens (tertiary/aromatic N) is 2. The molecular formula is C33H41N5O4S2.